The molecule has 2 aromatic heterocycles. The first-order valence-electron chi connectivity index (χ1n) is 8.93. The summed E-state index contributed by atoms with van der Waals surface area (Å²) < 4.78 is 12.1. The van der Waals surface area contributed by atoms with Crippen molar-refractivity contribution in [1.29, 1.82) is 0 Å². The van der Waals surface area contributed by atoms with Gasteiger partial charge in [0.05, 0.1) is 12.1 Å². The lowest BCUT2D eigenvalue weighted by atomic mass is 9.79. The van der Waals surface area contributed by atoms with Crippen LogP contribution in [0.2, 0.25) is 0 Å². The predicted molar refractivity (Wildman–Crippen MR) is 92.2 cm³/mol. The van der Waals surface area contributed by atoms with Crippen LogP contribution in [-0.2, 0) is 11.3 Å². The smallest absolute Gasteiger partial charge is 0.213 e. The summed E-state index contributed by atoms with van der Waals surface area (Å²) in [6.07, 6.45) is 5.92. The van der Waals surface area contributed by atoms with E-state index < -0.39 is 0 Å². The number of fused-ring (bicyclic) bond motifs is 1. The fourth-order valence-electron chi connectivity index (χ4n) is 4.28. The number of likely N-dealkylation sites (tertiary alicyclic amines) is 1. The summed E-state index contributed by atoms with van der Waals surface area (Å²) in [6.45, 7) is 3.68. The average molecular weight is 343 g/mol. The van der Waals surface area contributed by atoms with E-state index in [1.807, 2.05) is 32.2 Å². The second-order valence-corrected chi connectivity index (χ2v) is 7.02. The molecule has 0 amide bonds. The molecule has 1 aliphatic carbocycles. The Labute approximate surface area is 147 Å². The SMILES string of the molecule is CO[C@@]12CC[C@H](Oc3ccccn3)C[C@@H]1N(Cc1n[nH]c(C)n1)CC2. The van der Waals surface area contributed by atoms with Crippen LogP contribution in [0.4, 0.5) is 0 Å². The minimum absolute atomic E-state index is 0.0741. The first kappa shape index (κ1) is 16.5. The largest absolute Gasteiger partial charge is 0.474 e. The lowest BCUT2D eigenvalue weighted by Gasteiger charge is -2.43. The Bertz CT molecular complexity index is 707. The van der Waals surface area contributed by atoms with Crippen molar-refractivity contribution in [3.63, 3.8) is 0 Å². The van der Waals surface area contributed by atoms with Gasteiger partial charge >= 0.3 is 0 Å². The van der Waals surface area contributed by atoms with Crippen LogP contribution >= 0.6 is 0 Å². The summed E-state index contributed by atoms with van der Waals surface area (Å²) in [5, 5.41) is 7.22. The summed E-state index contributed by atoms with van der Waals surface area (Å²) in [4.78, 5) is 11.2. The van der Waals surface area contributed by atoms with E-state index in [-0.39, 0.29) is 11.7 Å². The van der Waals surface area contributed by atoms with E-state index in [0.29, 0.717) is 11.9 Å². The molecule has 7 nitrogen and oxygen atoms in total. The molecule has 0 aromatic carbocycles. The molecule has 1 N–H and O–H groups in total. The number of hydrogen-bond acceptors (Lipinski definition) is 6. The zero-order chi connectivity index (χ0) is 17.3. The second kappa shape index (κ2) is 6.72. The number of nitrogens with one attached hydrogen (secondary N) is 1. The van der Waals surface area contributed by atoms with Crippen LogP contribution < -0.4 is 4.74 Å². The van der Waals surface area contributed by atoms with E-state index >= 15 is 0 Å². The van der Waals surface area contributed by atoms with E-state index in [9.17, 15) is 0 Å². The third kappa shape index (κ3) is 3.26. The Morgan fingerprint density at radius 1 is 1.36 bits per heavy atom. The van der Waals surface area contributed by atoms with Gasteiger partial charge in [0.15, 0.2) is 5.82 Å². The summed E-state index contributed by atoms with van der Waals surface area (Å²) in [5.74, 6) is 2.40. The third-order valence-electron chi connectivity index (χ3n) is 5.57. The maximum atomic E-state index is 6.12. The standard InChI is InChI=1S/C18H25N5O2/c1-13-20-16(22-21-13)12-23-10-8-18(24-2)7-6-14(11-15(18)23)25-17-5-3-4-9-19-17/h3-5,9,14-15H,6-8,10-12H2,1-2H3,(H,20,21,22)/t14-,15-,18+/m0/s1. The number of ether oxygens (including phenoxy) is 2. The van der Waals surface area contributed by atoms with E-state index in [1.165, 1.54) is 0 Å². The zero-order valence-corrected chi connectivity index (χ0v) is 14.8. The molecule has 2 aromatic rings. The first-order chi connectivity index (χ1) is 12.2. The van der Waals surface area contributed by atoms with E-state index in [4.69, 9.17) is 9.47 Å². The number of rotatable bonds is 5. The summed E-state index contributed by atoms with van der Waals surface area (Å²) in [5.41, 5.74) is -0.0741. The molecule has 1 aliphatic heterocycles. The van der Waals surface area contributed by atoms with Crippen molar-refractivity contribution in [2.75, 3.05) is 13.7 Å². The molecule has 0 spiro atoms. The molecule has 25 heavy (non-hydrogen) atoms. The maximum absolute atomic E-state index is 6.12. The molecule has 0 radical (unpaired) electrons. The van der Waals surface area contributed by atoms with Gasteiger partial charge in [0.2, 0.25) is 5.88 Å². The van der Waals surface area contributed by atoms with Crippen molar-refractivity contribution in [2.24, 2.45) is 0 Å². The number of hydrogen-bond donors (Lipinski definition) is 1. The topological polar surface area (TPSA) is 76.2 Å². The van der Waals surface area contributed by atoms with Gasteiger partial charge in [0, 0.05) is 38.4 Å². The van der Waals surface area contributed by atoms with Crippen molar-refractivity contribution >= 4 is 0 Å². The van der Waals surface area contributed by atoms with Crippen LogP contribution in [0.5, 0.6) is 5.88 Å². The van der Waals surface area contributed by atoms with Gasteiger partial charge in [-0.05, 0) is 32.3 Å². The van der Waals surface area contributed by atoms with Crippen LogP contribution in [0.15, 0.2) is 24.4 Å². The third-order valence-corrected chi connectivity index (χ3v) is 5.57. The number of pyridine rings is 1. The molecule has 3 heterocycles. The van der Waals surface area contributed by atoms with Crippen molar-refractivity contribution in [1.82, 2.24) is 25.1 Å². The molecule has 7 heteroatoms. The highest BCUT2D eigenvalue weighted by Gasteiger charge is 2.51. The fraction of sp³-hybridized carbons (Fsp3) is 0.611. The lowest BCUT2D eigenvalue weighted by Crippen LogP contribution is -2.52. The fourth-order valence-corrected chi connectivity index (χ4v) is 4.28. The highest BCUT2D eigenvalue weighted by Crippen LogP contribution is 2.43. The van der Waals surface area contributed by atoms with Crippen molar-refractivity contribution in [3.05, 3.63) is 36.0 Å². The molecule has 134 valence electrons. The van der Waals surface area contributed by atoms with Crippen molar-refractivity contribution in [2.45, 2.75) is 56.9 Å². The molecule has 0 unspecified atom stereocenters. The van der Waals surface area contributed by atoms with Crippen LogP contribution in [0.1, 0.15) is 37.3 Å². The maximum Gasteiger partial charge on any atom is 0.213 e. The van der Waals surface area contributed by atoms with Gasteiger partial charge in [-0.3, -0.25) is 10.00 Å². The molecule has 0 bridgehead atoms. The Morgan fingerprint density at radius 2 is 2.28 bits per heavy atom. The number of nitrogens with zero attached hydrogens (tertiary/aromatic N) is 4. The minimum Gasteiger partial charge on any atom is -0.474 e. The zero-order valence-electron chi connectivity index (χ0n) is 14.8. The van der Waals surface area contributed by atoms with Crippen molar-refractivity contribution in [3.8, 4) is 5.88 Å². The van der Waals surface area contributed by atoms with Gasteiger partial charge in [-0.15, -0.1) is 0 Å². The monoisotopic (exact) mass is 343 g/mol. The Kier molecular flexibility index (Phi) is 4.43. The Hall–Kier alpha value is -1.99. The molecule has 1 saturated carbocycles. The Morgan fingerprint density at radius 3 is 3.00 bits per heavy atom. The number of aryl methyl sites for hydroxylation is 1. The minimum atomic E-state index is -0.0741. The van der Waals surface area contributed by atoms with Crippen LogP contribution in [-0.4, -0.2) is 56.5 Å². The molecule has 2 aliphatic rings. The average Bonchev–Trinajstić information content (AvgIpc) is 3.21. The van der Waals surface area contributed by atoms with E-state index in [1.54, 1.807) is 6.20 Å². The molecular formula is C18H25N5O2. The number of aromatic amines is 1. The lowest BCUT2D eigenvalue weighted by molar-refractivity contribution is -0.0845. The van der Waals surface area contributed by atoms with Gasteiger partial charge < -0.3 is 9.47 Å². The van der Waals surface area contributed by atoms with Gasteiger partial charge in [0.1, 0.15) is 11.9 Å². The Balaban J connectivity index is 1.48. The molecular weight excluding hydrogens is 318 g/mol. The number of aromatic nitrogens is 4. The van der Waals surface area contributed by atoms with Gasteiger partial charge in [-0.1, -0.05) is 6.07 Å². The van der Waals surface area contributed by atoms with Gasteiger partial charge in [-0.25, -0.2) is 9.97 Å². The van der Waals surface area contributed by atoms with Crippen LogP contribution in [0.3, 0.4) is 0 Å². The van der Waals surface area contributed by atoms with Gasteiger partial charge in [0.25, 0.3) is 0 Å². The second-order valence-electron chi connectivity index (χ2n) is 7.02. The molecule has 2 fully saturated rings. The molecule has 1 saturated heterocycles. The molecule has 3 atom stereocenters. The summed E-state index contributed by atoms with van der Waals surface area (Å²) in [7, 11) is 1.84. The van der Waals surface area contributed by atoms with Gasteiger partial charge in [-0.2, -0.15) is 5.10 Å². The van der Waals surface area contributed by atoms with E-state index in [2.05, 4.69) is 25.1 Å². The number of H-pyrrole nitrogens is 1. The van der Waals surface area contributed by atoms with E-state index in [0.717, 1.165) is 50.4 Å². The molecule has 4 rings (SSSR count). The normalized spacial score (nSPS) is 29.5. The predicted octanol–water partition coefficient (Wildman–Crippen LogP) is 2.10. The summed E-state index contributed by atoms with van der Waals surface area (Å²) >= 11 is 0. The summed E-state index contributed by atoms with van der Waals surface area (Å²) in [6, 6.07) is 6.10. The van der Waals surface area contributed by atoms with Crippen molar-refractivity contribution < 1.29 is 9.47 Å². The van der Waals surface area contributed by atoms with Crippen LogP contribution in [0.25, 0.3) is 0 Å². The highest BCUT2D eigenvalue weighted by molar-refractivity contribution is 5.12. The quantitative estimate of drug-likeness (QED) is 0.896. The van der Waals surface area contributed by atoms with Crippen LogP contribution in [0, 0.1) is 6.92 Å². The number of methoxy groups -OCH3 is 1. The first-order valence-corrected chi connectivity index (χ1v) is 8.93. The highest BCUT2D eigenvalue weighted by atomic mass is 16.5.